The van der Waals surface area contributed by atoms with Crippen LogP contribution in [-0.2, 0) is 6.42 Å². The van der Waals surface area contributed by atoms with Gasteiger partial charge in [0, 0.05) is 15.4 Å². The van der Waals surface area contributed by atoms with Crippen molar-refractivity contribution in [3.05, 3.63) is 68.9 Å². The fraction of sp³-hybridized carbons (Fsp3) is 0.200. The van der Waals surface area contributed by atoms with Gasteiger partial charge in [0.1, 0.15) is 5.82 Å². The van der Waals surface area contributed by atoms with E-state index in [9.17, 15) is 9.50 Å². The number of aliphatic hydroxyl groups is 1. The molecule has 0 fully saturated rings. The SMILES string of the molecule is OCC(Cc1ccc(F)cc1Br)c1ccc(Cl)cc1. The number of rotatable bonds is 4. The summed E-state index contributed by atoms with van der Waals surface area (Å²) in [5, 5.41) is 10.2. The van der Waals surface area contributed by atoms with Gasteiger partial charge in [-0.3, -0.25) is 0 Å². The average Bonchev–Trinajstić information content (AvgIpc) is 2.39. The zero-order valence-corrected chi connectivity index (χ0v) is 12.5. The first kappa shape index (κ1) is 14.5. The van der Waals surface area contributed by atoms with Crippen LogP contribution in [0.2, 0.25) is 5.02 Å². The first-order valence-corrected chi connectivity index (χ1v) is 7.07. The minimum Gasteiger partial charge on any atom is -0.396 e. The predicted octanol–water partition coefficient (Wildman–Crippen LogP) is 4.56. The first-order valence-electron chi connectivity index (χ1n) is 5.90. The zero-order chi connectivity index (χ0) is 13.8. The van der Waals surface area contributed by atoms with Gasteiger partial charge in [-0.2, -0.15) is 0 Å². The van der Waals surface area contributed by atoms with E-state index in [1.807, 2.05) is 12.1 Å². The van der Waals surface area contributed by atoms with Gasteiger partial charge in [0.15, 0.2) is 0 Å². The summed E-state index contributed by atoms with van der Waals surface area (Å²) in [5.41, 5.74) is 1.98. The quantitative estimate of drug-likeness (QED) is 0.863. The molecule has 0 heterocycles. The molecule has 1 nitrogen and oxygen atoms in total. The lowest BCUT2D eigenvalue weighted by Gasteiger charge is -2.16. The molecule has 0 saturated carbocycles. The highest BCUT2D eigenvalue weighted by molar-refractivity contribution is 9.10. The van der Waals surface area contributed by atoms with Crippen molar-refractivity contribution in [1.29, 1.82) is 0 Å². The van der Waals surface area contributed by atoms with Crippen molar-refractivity contribution in [3.8, 4) is 0 Å². The highest BCUT2D eigenvalue weighted by Gasteiger charge is 2.13. The summed E-state index contributed by atoms with van der Waals surface area (Å²) in [4.78, 5) is 0. The first-order chi connectivity index (χ1) is 9.10. The fourth-order valence-electron chi connectivity index (χ4n) is 1.98. The van der Waals surface area contributed by atoms with Crippen molar-refractivity contribution >= 4 is 27.5 Å². The molecular weight excluding hydrogens is 331 g/mol. The van der Waals surface area contributed by atoms with Crippen LogP contribution in [0.5, 0.6) is 0 Å². The Morgan fingerprint density at radius 3 is 2.42 bits per heavy atom. The molecule has 100 valence electrons. The second kappa shape index (κ2) is 6.51. The Morgan fingerprint density at radius 2 is 1.84 bits per heavy atom. The van der Waals surface area contributed by atoms with Crippen LogP contribution in [0.4, 0.5) is 4.39 Å². The fourth-order valence-corrected chi connectivity index (χ4v) is 2.61. The van der Waals surface area contributed by atoms with Gasteiger partial charge in [-0.25, -0.2) is 4.39 Å². The molecule has 0 aliphatic rings. The Bertz CT molecular complexity index is 557. The van der Waals surface area contributed by atoms with E-state index in [2.05, 4.69) is 15.9 Å². The summed E-state index contributed by atoms with van der Waals surface area (Å²) < 4.78 is 13.8. The topological polar surface area (TPSA) is 20.2 Å². The maximum Gasteiger partial charge on any atom is 0.124 e. The van der Waals surface area contributed by atoms with Crippen molar-refractivity contribution in [2.24, 2.45) is 0 Å². The van der Waals surface area contributed by atoms with E-state index in [0.717, 1.165) is 15.6 Å². The Balaban J connectivity index is 2.21. The lowest BCUT2D eigenvalue weighted by molar-refractivity contribution is 0.264. The van der Waals surface area contributed by atoms with Crippen LogP contribution in [0.3, 0.4) is 0 Å². The molecule has 0 spiro atoms. The second-order valence-electron chi connectivity index (χ2n) is 4.37. The maximum absolute atomic E-state index is 13.0. The number of aliphatic hydroxyl groups excluding tert-OH is 1. The predicted molar refractivity (Wildman–Crippen MR) is 79.1 cm³/mol. The molecule has 0 aromatic heterocycles. The molecule has 2 aromatic rings. The molecule has 1 atom stereocenters. The van der Waals surface area contributed by atoms with Gasteiger partial charge in [0.05, 0.1) is 6.61 Å². The molecule has 1 unspecified atom stereocenters. The van der Waals surface area contributed by atoms with Crippen molar-refractivity contribution in [2.75, 3.05) is 6.61 Å². The minimum atomic E-state index is -0.275. The van der Waals surface area contributed by atoms with Crippen LogP contribution in [0, 0.1) is 5.82 Å². The third-order valence-corrected chi connectivity index (χ3v) is 4.03. The van der Waals surface area contributed by atoms with Crippen LogP contribution >= 0.6 is 27.5 Å². The molecule has 19 heavy (non-hydrogen) atoms. The van der Waals surface area contributed by atoms with Crippen LogP contribution < -0.4 is 0 Å². The van der Waals surface area contributed by atoms with Gasteiger partial charge in [0.25, 0.3) is 0 Å². The Labute approximate surface area is 125 Å². The number of hydrogen-bond donors (Lipinski definition) is 1. The van der Waals surface area contributed by atoms with Crippen molar-refractivity contribution in [2.45, 2.75) is 12.3 Å². The Kier molecular flexibility index (Phi) is 4.97. The van der Waals surface area contributed by atoms with Crippen molar-refractivity contribution in [3.63, 3.8) is 0 Å². The molecule has 0 aliphatic heterocycles. The summed E-state index contributed by atoms with van der Waals surface area (Å²) in [6, 6.07) is 12.0. The highest BCUT2D eigenvalue weighted by atomic mass is 79.9. The van der Waals surface area contributed by atoms with E-state index >= 15 is 0 Å². The maximum atomic E-state index is 13.0. The lowest BCUT2D eigenvalue weighted by atomic mass is 9.93. The molecule has 0 amide bonds. The van der Waals surface area contributed by atoms with E-state index in [0.29, 0.717) is 11.4 Å². The van der Waals surface area contributed by atoms with E-state index in [1.165, 1.54) is 12.1 Å². The van der Waals surface area contributed by atoms with E-state index in [-0.39, 0.29) is 18.3 Å². The molecule has 1 N–H and O–H groups in total. The largest absolute Gasteiger partial charge is 0.396 e. The zero-order valence-electron chi connectivity index (χ0n) is 10.1. The molecule has 4 heteroatoms. The van der Waals surface area contributed by atoms with Crippen LogP contribution in [-0.4, -0.2) is 11.7 Å². The van der Waals surface area contributed by atoms with E-state index in [4.69, 9.17) is 11.6 Å². The lowest BCUT2D eigenvalue weighted by Crippen LogP contribution is -2.08. The second-order valence-corrected chi connectivity index (χ2v) is 5.66. The summed E-state index contributed by atoms with van der Waals surface area (Å²) in [5.74, 6) is -0.304. The highest BCUT2D eigenvalue weighted by Crippen LogP contribution is 2.26. The number of benzene rings is 2. The van der Waals surface area contributed by atoms with Gasteiger partial charge in [-0.1, -0.05) is 45.7 Å². The monoisotopic (exact) mass is 342 g/mol. The summed E-state index contributed by atoms with van der Waals surface area (Å²) in [7, 11) is 0. The summed E-state index contributed by atoms with van der Waals surface area (Å²) >= 11 is 9.20. The normalized spacial score (nSPS) is 12.4. The molecule has 0 saturated heterocycles. The van der Waals surface area contributed by atoms with Gasteiger partial charge < -0.3 is 5.11 Å². The Hall–Kier alpha value is -0.900. The molecule has 0 aliphatic carbocycles. The van der Waals surface area contributed by atoms with Gasteiger partial charge in [-0.15, -0.1) is 0 Å². The van der Waals surface area contributed by atoms with Crippen molar-refractivity contribution in [1.82, 2.24) is 0 Å². The molecule has 0 radical (unpaired) electrons. The number of hydrogen-bond acceptors (Lipinski definition) is 1. The van der Waals surface area contributed by atoms with Crippen LogP contribution in [0.1, 0.15) is 17.0 Å². The molecular formula is C15H13BrClFO. The standard InChI is InChI=1S/C15H13BrClFO/c16-15-8-14(18)6-3-11(15)7-12(9-19)10-1-4-13(17)5-2-10/h1-6,8,12,19H,7,9H2. The summed E-state index contributed by atoms with van der Waals surface area (Å²) in [6.07, 6.45) is 0.638. The Morgan fingerprint density at radius 1 is 1.16 bits per heavy atom. The summed E-state index contributed by atoms with van der Waals surface area (Å²) in [6.45, 7) is 0.0332. The van der Waals surface area contributed by atoms with Crippen LogP contribution in [0.25, 0.3) is 0 Å². The van der Waals surface area contributed by atoms with Gasteiger partial charge >= 0.3 is 0 Å². The third-order valence-electron chi connectivity index (χ3n) is 3.04. The third kappa shape index (κ3) is 3.78. The van der Waals surface area contributed by atoms with Gasteiger partial charge in [-0.05, 0) is 41.8 Å². The minimum absolute atomic E-state index is 0.0287. The van der Waals surface area contributed by atoms with E-state index < -0.39 is 0 Å². The molecule has 2 rings (SSSR count). The molecule has 2 aromatic carbocycles. The average molecular weight is 344 g/mol. The molecule has 0 bridgehead atoms. The smallest absolute Gasteiger partial charge is 0.124 e. The van der Waals surface area contributed by atoms with Gasteiger partial charge in [0.2, 0.25) is 0 Å². The van der Waals surface area contributed by atoms with E-state index in [1.54, 1.807) is 18.2 Å². The van der Waals surface area contributed by atoms with Crippen molar-refractivity contribution < 1.29 is 9.50 Å². The number of halogens is 3. The van der Waals surface area contributed by atoms with Crippen LogP contribution in [0.15, 0.2) is 46.9 Å².